The zero-order valence-corrected chi connectivity index (χ0v) is 12.4. The van der Waals surface area contributed by atoms with Crippen molar-refractivity contribution in [2.24, 2.45) is 0 Å². The van der Waals surface area contributed by atoms with Gasteiger partial charge >= 0.3 is 0 Å². The molecule has 0 amide bonds. The standard InChI is InChI=1S/C14H23NO2S/c1-5-12(3)15(13(4)6-2)18(16,17)14-10-8-7-9-11-14/h7-13H,5-6H2,1-4H3/t12-,13-/m1/s1. The van der Waals surface area contributed by atoms with E-state index in [1.165, 1.54) is 0 Å². The summed E-state index contributed by atoms with van der Waals surface area (Å²) in [6, 6.07) is 8.71. The summed E-state index contributed by atoms with van der Waals surface area (Å²) in [5, 5.41) is 0. The van der Waals surface area contributed by atoms with E-state index < -0.39 is 10.0 Å². The Labute approximate surface area is 111 Å². The van der Waals surface area contributed by atoms with Gasteiger partial charge in [0.05, 0.1) is 4.90 Å². The SMILES string of the molecule is CC[C@@H](C)N([C@H](C)CC)S(=O)(=O)c1ccccc1. The van der Waals surface area contributed by atoms with Gasteiger partial charge in [-0.05, 0) is 38.8 Å². The van der Waals surface area contributed by atoms with Crippen molar-refractivity contribution in [2.45, 2.75) is 57.5 Å². The van der Waals surface area contributed by atoms with E-state index in [1.54, 1.807) is 28.6 Å². The van der Waals surface area contributed by atoms with E-state index in [0.29, 0.717) is 4.90 Å². The van der Waals surface area contributed by atoms with Gasteiger partial charge in [-0.15, -0.1) is 0 Å². The third kappa shape index (κ3) is 3.12. The van der Waals surface area contributed by atoms with Crippen LogP contribution in [0.15, 0.2) is 35.2 Å². The van der Waals surface area contributed by atoms with Crippen molar-refractivity contribution >= 4 is 10.0 Å². The lowest BCUT2D eigenvalue weighted by molar-refractivity contribution is 0.262. The zero-order valence-electron chi connectivity index (χ0n) is 11.6. The van der Waals surface area contributed by atoms with Crippen molar-refractivity contribution < 1.29 is 8.42 Å². The van der Waals surface area contributed by atoms with Gasteiger partial charge in [0.25, 0.3) is 0 Å². The summed E-state index contributed by atoms with van der Waals surface area (Å²) in [5.74, 6) is 0. The second-order valence-electron chi connectivity index (χ2n) is 4.66. The van der Waals surface area contributed by atoms with Gasteiger partial charge < -0.3 is 0 Å². The monoisotopic (exact) mass is 269 g/mol. The third-order valence-electron chi connectivity index (χ3n) is 3.37. The third-order valence-corrected chi connectivity index (χ3v) is 5.51. The normalized spacial score (nSPS) is 15.6. The van der Waals surface area contributed by atoms with E-state index in [-0.39, 0.29) is 12.1 Å². The number of hydrogen-bond donors (Lipinski definition) is 0. The predicted octanol–water partition coefficient (Wildman–Crippen LogP) is 3.27. The van der Waals surface area contributed by atoms with Crippen molar-refractivity contribution in [1.29, 1.82) is 0 Å². The highest BCUT2D eigenvalue weighted by atomic mass is 32.2. The van der Waals surface area contributed by atoms with Crippen LogP contribution in [0.2, 0.25) is 0 Å². The number of nitrogens with zero attached hydrogens (tertiary/aromatic N) is 1. The molecule has 0 saturated heterocycles. The van der Waals surface area contributed by atoms with E-state index in [2.05, 4.69) is 0 Å². The molecule has 1 aromatic rings. The molecule has 0 aliphatic heterocycles. The second kappa shape index (κ2) is 6.34. The average Bonchev–Trinajstić information content (AvgIpc) is 2.39. The molecule has 0 unspecified atom stereocenters. The molecule has 0 aromatic heterocycles. The van der Waals surface area contributed by atoms with Crippen LogP contribution < -0.4 is 0 Å². The van der Waals surface area contributed by atoms with Crippen molar-refractivity contribution in [3.05, 3.63) is 30.3 Å². The Hall–Kier alpha value is -0.870. The van der Waals surface area contributed by atoms with Gasteiger partial charge in [-0.2, -0.15) is 4.31 Å². The molecule has 0 N–H and O–H groups in total. The second-order valence-corrected chi connectivity index (χ2v) is 6.51. The van der Waals surface area contributed by atoms with Crippen LogP contribution in [0.25, 0.3) is 0 Å². The highest BCUT2D eigenvalue weighted by molar-refractivity contribution is 7.89. The van der Waals surface area contributed by atoms with E-state index in [0.717, 1.165) is 12.8 Å². The lowest BCUT2D eigenvalue weighted by Gasteiger charge is -2.32. The Kier molecular flexibility index (Phi) is 5.35. The van der Waals surface area contributed by atoms with E-state index >= 15 is 0 Å². The minimum atomic E-state index is -3.39. The van der Waals surface area contributed by atoms with Crippen LogP contribution in [-0.4, -0.2) is 24.8 Å². The Morgan fingerprint density at radius 3 is 1.83 bits per heavy atom. The molecular formula is C14H23NO2S. The van der Waals surface area contributed by atoms with Crippen LogP contribution in [0.1, 0.15) is 40.5 Å². The molecule has 0 saturated carbocycles. The molecule has 0 aliphatic rings. The van der Waals surface area contributed by atoms with Crippen molar-refractivity contribution in [1.82, 2.24) is 4.31 Å². The van der Waals surface area contributed by atoms with Gasteiger partial charge in [0, 0.05) is 12.1 Å². The minimum Gasteiger partial charge on any atom is -0.207 e. The van der Waals surface area contributed by atoms with E-state index in [1.807, 2.05) is 33.8 Å². The summed E-state index contributed by atoms with van der Waals surface area (Å²) in [4.78, 5) is 0.380. The van der Waals surface area contributed by atoms with Crippen LogP contribution in [0, 0.1) is 0 Å². The Morgan fingerprint density at radius 2 is 1.44 bits per heavy atom. The molecular weight excluding hydrogens is 246 g/mol. The van der Waals surface area contributed by atoms with E-state index in [9.17, 15) is 8.42 Å². The Morgan fingerprint density at radius 1 is 1.00 bits per heavy atom. The van der Waals surface area contributed by atoms with Gasteiger partial charge in [-0.3, -0.25) is 0 Å². The van der Waals surface area contributed by atoms with Crippen molar-refractivity contribution in [3.63, 3.8) is 0 Å². The van der Waals surface area contributed by atoms with Gasteiger partial charge in [0.15, 0.2) is 0 Å². The van der Waals surface area contributed by atoms with E-state index in [4.69, 9.17) is 0 Å². The molecule has 2 atom stereocenters. The molecule has 4 heteroatoms. The molecule has 102 valence electrons. The number of hydrogen-bond acceptors (Lipinski definition) is 2. The van der Waals surface area contributed by atoms with Crippen LogP contribution >= 0.6 is 0 Å². The molecule has 1 rings (SSSR count). The summed E-state index contributed by atoms with van der Waals surface area (Å²) in [5.41, 5.74) is 0. The topological polar surface area (TPSA) is 37.4 Å². The molecule has 18 heavy (non-hydrogen) atoms. The number of sulfonamides is 1. The summed E-state index contributed by atoms with van der Waals surface area (Å²) >= 11 is 0. The highest BCUT2D eigenvalue weighted by Crippen LogP contribution is 2.23. The zero-order chi connectivity index (χ0) is 13.8. The summed E-state index contributed by atoms with van der Waals surface area (Å²) in [6.07, 6.45) is 1.63. The highest BCUT2D eigenvalue weighted by Gasteiger charge is 2.31. The van der Waals surface area contributed by atoms with Crippen LogP contribution in [0.5, 0.6) is 0 Å². The van der Waals surface area contributed by atoms with Crippen molar-refractivity contribution in [3.8, 4) is 0 Å². The number of benzene rings is 1. The first-order valence-electron chi connectivity index (χ1n) is 6.53. The summed E-state index contributed by atoms with van der Waals surface area (Å²) in [7, 11) is -3.39. The summed E-state index contributed by atoms with van der Waals surface area (Å²) < 4.78 is 27.0. The first kappa shape index (κ1) is 15.2. The molecule has 0 fully saturated rings. The first-order chi connectivity index (χ1) is 8.45. The van der Waals surface area contributed by atoms with Gasteiger partial charge in [0.2, 0.25) is 10.0 Å². The molecule has 0 heterocycles. The quantitative estimate of drug-likeness (QED) is 0.795. The minimum absolute atomic E-state index is 0.0187. The Bertz CT molecular complexity index is 446. The summed E-state index contributed by atoms with van der Waals surface area (Å²) in [6.45, 7) is 7.96. The van der Waals surface area contributed by atoms with Gasteiger partial charge in [-0.1, -0.05) is 32.0 Å². The fourth-order valence-corrected chi connectivity index (χ4v) is 3.97. The van der Waals surface area contributed by atoms with Crippen LogP contribution in [0.4, 0.5) is 0 Å². The maximum Gasteiger partial charge on any atom is 0.243 e. The fraction of sp³-hybridized carbons (Fsp3) is 0.571. The lowest BCUT2D eigenvalue weighted by Crippen LogP contribution is -2.44. The molecule has 0 spiro atoms. The molecule has 0 aliphatic carbocycles. The fourth-order valence-electron chi connectivity index (χ4n) is 1.98. The average molecular weight is 269 g/mol. The maximum atomic E-state index is 12.7. The van der Waals surface area contributed by atoms with Gasteiger partial charge in [-0.25, -0.2) is 8.42 Å². The largest absolute Gasteiger partial charge is 0.243 e. The molecule has 0 radical (unpaired) electrons. The molecule has 0 bridgehead atoms. The predicted molar refractivity (Wildman–Crippen MR) is 75.0 cm³/mol. The maximum absolute atomic E-state index is 12.7. The van der Waals surface area contributed by atoms with Crippen LogP contribution in [0.3, 0.4) is 0 Å². The Balaban J connectivity index is 3.20. The van der Waals surface area contributed by atoms with Gasteiger partial charge in [0.1, 0.15) is 0 Å². The molecule has 3 nitrogen and oxygen atoms in total. The first-order valence-corrected chi connectivity index (χ1v) is 7.97. The number of rotatable bonds is 6. The smallest absolute Gasteiger partial charge is 0.207 e. The van der Waals surface area contributed by atoms with Crippen LogP contribution in [-0.2, 0) is 10.0 Å². The lowest BCUT2D eigenvalue weighted by atomic mass is 10.2. The molecule has 1 aromatic carbocycles. The van der Waals surface area contributed by atoms with Crippen molar-refractivity contribution in [2.75, 3.05) is 0 Å².